The molecule has 2 rings (SSSR count). The second kappa shape index (κ2) is 5.57. The number of nitrogens with two attached hydrogens (primary N) is 1. The van der Waals surface area contributed by atoms with Gasteiger partial charge in [-0.2, -0.15) is 0 Å². The van der Waals surface area contributed by atoms with Crippen molar-refractivity contribution in [2.75, 3.05) is 26.2 Å². The monoisotopic (exact) mass is 253 g/mol. The highest BCUT2D eigenvalue weighted by atomic mass is 16.2. The smallest absolute Gasteiger partial charge is 0.240 e. The van der Waals surface area contributed by atoms with E-state index in [9.17, 15) is 4.79 Å². The first kappa shape index (κ1) is 13.8. The van der Waals surface area contributed by atoms with Crippen LogP contribution in [0.15, 0.2) is 0 Å². The Balaban J connectivity index is 1.64. The van der Waals surface area contributed by atoms with Crippen LogP contribution in [0, 0.1) is 11.8 Å². The molecule has 104 valence electrons. The summed E-state index contributed by atoms with van der Waals surface area (Å²) in [4.78, 5) is 14.4. The van der Waals surface area contributed by atoms with Crippen molar-refractivity contribution in [1.82, 2.24) is 10.2 Å². The highest BCUT2D eigenvalue weighted by Crippen LogP contribution is 2.38. The van der Waals surface area contributed by atoms with Gasteiger partial charge in [-0.05, 0) is 57.5 Å². The lowest BCUT2D eigenvalue weighted by Gasteiger charge is -2.30. The van der Waals surface area contributed by atoms with Crippen molar-refractivity contribution in [3.05, 3.63) is 0 Å². The molecular formula is C14H27N3O. The van der Waals surface area contributed by atoms with Crippen molar-refractivity contribution in [1.29, 1.82) is 0 Å². The average Bonchev–Trinajstić information content (AvgIpc) is 3.15. The lowest BCUT2D eigenvalue weighted by atomic mass is 9.96. The van der Waals surface area contributed by atoms with Gasteiger partial charge in [0.25, 0.3) is 0 Å². The second-order valence-electron chi connectivity index (χ2n) is 6.34. The van der Waals surface area contributed by atoms with Gasteiger partial charge in [0.15, 0.2) is 0 Å². The normalized spacial score (nSPS) is 25.7. The zero-order chi connectivity index (χ0) is 13.2. The van der Waals surface area contributed by atoms with E-state index in [1.165, 1.54) is 25.9 Å². The summed E-state index contributed by atoms with van der Waals surface area (Å²) in [5.74, 6) is 1.28. The Morgan fingerprint density at radius 1 is 1.33 bits per heavy atom. The van der Waals surface area contributed by atoms with Crippen molar-refractivity contribution in [2.45, 2.75) is 45.1 Å². The minimum Gasteiger partial charge on any atom is -0.353 e. The fourth-order valence-electron chi connectivity index (χ4n) is 2.67. The first-order valence-electron chi connectivity index (χ1n) is 7.29. The summed E-state index contributed by atoms with van der Waals surface area (Å²) in [6.45, 7) is 8.20. The molecule has 2 aliphatic rings. The van der Waals surface area contributed by atoms with Gasteiger partial charge in [-0.1, -0.05) is 6.92 Å². The molecule has 2 fully saturated rings. The van der Waals surface area contributed by atoms with Crippen LogP contribution in [0.1, 0.15) is 39.5 Å². The van der Waals surface area contributed by atoms with Crippen LogP contribution in [-0.4, -0.2) is 42.5 Å². The Hall–Kier alpha value is -0.610. The molecule has 0 bridgehead atoms. The molecular weight excluding hydrogens is 226 g/mol. The number of hydrogen-bond acceptors (Lipinski definition) is 3. The minimum absolute atomic E-state index is 0.0235. The summed E-state index contributed by atoms with van der Waals surface area (Å²) < 4.78 is 0. The maximum absolute atomic E-state index is 12.0. The van der Waals surface area contributed by atoms with Crippen LogP contribution in [0.4, 0.5) is 0 Å². The molecule has 1 unspecified atom stereocenters. The maximum atomic E-state index is 12.0. The van der Waals surface area contributed by atoms with Gasteiger partial charge in [0.1, 0.15) is 0 Å². The quantitative estimate of drug-likeness (QED) is 0.767. The first-order chi connectivity index (χ1) is 8.50. The van der Waals surface area contributed by atoms with Gasteiger partial charge in [-0.15, -0.1) is 0 Å². The lowest BCUT2D eigenvalue weighted by molar-refractivity contribution is -0.126. The van der Waals surface area contributed by atoms with E-state index in [2.05, 4.69) is 17.1 Å². The standard InChI is InChI=1S/C14H27N3O/c1-11-5-8-17(9-6-11)10-7-16-13(18)14(2,15)12-3-4-12/h11-12H,3-10,15H2,1-2H3,(H,16,18). The summed E-state index contributed by atoms with van der Waals surface area (Å²) in [7, 11) is 0. The molecule has 4 nitrogen and oxygen atoms in total. The molecule has 0 aromatic heterocycles. The highest BCUT2D eigenvalue weighted by molar-refractivity contribution is 5.86. The van der Waals surface area contributed by atoms with Gasteiger partial charge in [0, 0.05) is 13.1 Å². The Bertz CT molecular complexity index is 291. The van der Waals surface area contributed by atoms with Gasteiger partial charge in [0.2, 0.25) is 5.91 Å². The second-order valence-corrected chi connectivity index (χ2v) is 6.34. The number of nitrogens with zero attached hydrogens (tertiary/aromatic N) is 1. The number of hydrogen-bond donors (Lipinski definition) is 2. The van der Waals surface area contributed by atoms with Gasteiger partial charge in [-0.3, -0.25) is 4.79 Å². The Morgan fingerprint density at radius 3 is 2.50 bits per heavy atom. The predicted molar refractivity (Wildman–Crippen MR) is 73.2 cm³/mol. The van der Waals surface area contributed by atoms with E-state index in [1.807, 2.05) is 6.92 Å². The van der Waals surface area contributed by atoms with Crippen LogP contribution in [-0.2, 0) is 4.79 Å². The van der Waals surface area contributed by atoms with Crippen LogP contribution in [0.3, 0.4) is 0 Å². The topological polar surface area (TPSA) is 58.4 Å². The van der Waals surface area contributed by atoms with Crippen LogP contribution >= 0.6 is 0 Å². The molecule has 1 aliphatic carbocycles. The fourth-order valence-corrected chi connectivity index (χ4v) is 2.67. The number of piperidine rings is 1. The molecule has 0 spiro atoms. The molecule has 0 radical (unpaired) electrons. The zero-order valence-electron chi connectivity index (χ0n) is 11.7. The third-order valence-electron chi connectivity index (χ3n) is 4.50. The average molecular weight is 253 g/mol. The Morgan fingerprint density at radius 2 is 1.94 bits per heavy atom. The summed E-state index contributed by atoms with van der Waals surface area (Å²) in [5.41, 5.74) is 5.42. The lowest BCUT2D eigenvalue weighted by Crippen LogP contribution is -2.54. The van der Waals surface area contributed by atoms with Gasteiger partial charge in [0.05, 0.1) is 5.54 Å². The van der Waals surface area contributed by atoms with Crippen LogP contribution in [0.2, 0.25) is 0 Å². The van der Waals surface area contributed by atoms with E-state index in [0.29, 0.717) is 5.92 Å². The minimum atomic E-state index is -0.656. The molecule has 1 saturated carbocycles. The molecule has 1 aliphatic heterocycles. The SMILES string of the molecule is CC1CCN(CCNC(=O)C(C)(N)C2CC2)CC1. The molecule has 1 heterocycles. The van der Waals surface area contributed by atoms with Crippen molar-refractivity contribution in [3.63, 3.8) is 0 Å². The number of likely N-dealkylation sites (tertiary alicyclic amines) is 1. The highest BCUT2D eigenvalue weighted by Gasteiger charge is 2.43. The number of nitrogens with one attached hydrogen (secondary N) is 1. The maximum Gasteiger partial charge on any atom is 0.240 e. The van der Waals surface area contributed by atoms with Crippen molar-refractivity contribution in [3.8, 4) is 0 Å². The fraction of sp³-hybridized carbons (Fsp3) is 0.929. The third kappa shape index (κ3) is 3.45. The summed E-state index contributed by atoms with van der Waals surface area (Å²) in [6.07, 6.45) is 4.77. The predicted octanol–water partition coefficient (Wildman–Crippen LogP) is 0.962. The van der Waals surface area contributed by atoms with E-state index < -0.39 is 5.54 Å². The summed E-state index contributed by atoms with van der Waals surface area (Å²) in [6, 6.07) is 0. The van der Waals surface area contributed by atoms with Gasteiger partial charge >= 0.3 is 0 Å². The number of amides is 1. The van der Waals surface area contributed by atoms with E-state index >= 15 is 0 Å². The number of carbonyl (C=O) groups is 1. The van der Waals surface area contributed by atoms with E-state index in [1.54, 1.807) is 0 Å². The van der Waals surface area contributed by atoms with Crippen LogP contribution < -0.4 is 11.1 Å². The molecule has 1 saturated heterocycles. The van der Waals surface area contributed by atoms with Crippen molar-refractivity contribution < 1.29 is 4.79 Å². The molecule has 1 atom stereocenters. The van der Waals surface area contributed by atoms with Crippen LogP contribution in [0.5, 0.6) is 0 Å². The molecule has 1 amide bonds. The van der Waals surface area contributed by atoms with E-state index in [0.717, 1.165) is 31.8 Å². The van der Waals surface area contributed by atoms with E-state index in [4.69, 9.17) is 5.73 Å². The molecule has 3 N–H and O–H groups in total. The number of carbonyl (C=O) groups excluding carboxylic acids is 1. The number of rotatable bonds is 5. The summed E-state index contributed by atoms with van der Waals surface area (Å²) in [5, 5.41) is 3.00. The third-order valence-corrected chi connectivity index (χ3v) is 4.50. The van der Waals surface area contributed by atoms with Crippen molar-refractivity contribution >= 4 is 5.91 Å². The molecule has 4 heteroatoms. The molecule has 0 aromatic rings. The zero-order valence-corrected chi connectivity index (χ0v) is 11.7. The van der Waals surface area contributed by atoms with Crippen LogP contribution in [0.25, 0.3) is 0 Å². The molecule has 0 aromatic carbocycles. The van der Waals surface area contributed by atoms with E-state index in [-0.39, 0.29) is 5.91 Å². The first-order valence-corrected chi connectivity index (χ1v) is 7.29. The van der Waals surface area contributed by atoms with Crippen molar-refractivity contribution in [2.24, 2.45) is 17.6 Å². The largest absolute Gasteiger partial charge is 0.353 e. The summed E-state index contributed by atoms with van der Waals surface area (Å²) >= 11 is 0. The Kier molecular flexibility index (Phi) is 4.28. The molecule has 18 heavy (non-hydrogen) atoms. The van der Waals surface area contributed by atoms with Gasteiger partial charge in [-0.25, -0.2) is 0 Å². The Labute approximate surface area is 110 Å². The van der Waals surface area contributed by atoms with Gasteiger partial charge < -0.3 is 16.0 Å².